The molecule has 2 aromatic carbocycles. The molecule has 46 heavy (non-hydrogen) atoms. The molecule has 0 radical (unpaired) electrons. The number of aliphatic imine (C=N–C) groups is 1. The third kappa shape index (κ3) is 7.48. The maximum atomic E-state index is 12.5. The molecule has 0 saturated heterocycles. The predicted octanol–water partition coefficient (Wildman–Crippen LogP) is 4.22. The van der Waals surface area contributed by atoms with Crippen LogP contribution in [0, 0.1) is 20.0 Å². The first-order valence-corrected chi connectivity index (χ1v) is 16.0. The molecule has 232 valence electrons. The lowest BCUT2D eigenvalue weighted by Crippen LogP contribution is -2.31. The first-order valence-electron chi connectivity index (χ1n) is 13.0. The average Bonchev–Trinajstić information content (AvgIpc) is 3.70. The molecule has 4 aromatic heterocycles. The number of tetrazole rings is 2. The van der Waals surface area contributed by atoms with Crippen LogP contribution >= 0.6 is 46.0 Å². The molecule has 16 nitrogen and oxygen atoms in total. The molecular formula is C26H20N12O4S4. The number of benzene rings is 2. The lowest BCUT2D eigenvalue weighted by atomic mass is 10.3. The standard InChI is InChI=1S/C26H20N12O4S4/c39-35-13-21(9-11-23(35)27-15-41-19-5-1-17(2-6-19)37-25(43)29-31-33-37)45-46-22-10-12-24(36(40)14-22)28-16-42-20-7-3-18(4-8-20)38-26(44)30-32-34-38/h1-15,28H,16H2,(H,29,33,43)(H,30,34,44). The molecule has 0 aliphatic heterocycles. The molecule has 0 fully saturated rings. The van der Waals surface area contributed by atoms with Crippen LogP contribution in [0.1, 0.15) is 0 Å². The molecule has 6 aromatic rings. The second-order valence-electron chi connectivity index (χ2n) is 8.93. The summed E-state index contributed by atoms with van der Waals surface area (Å²) in [5.41, 5.74) is 1.49. The zero-order valence-electron chi connectivity index (χ0n) is 23.2. The van der Waals surface area contributed by atoms with Crippen LogP contribution in [0.15, 0.2) is 100.0 Å². The summed E-state index contributed by atoms with van der Waals surface area (Å²) >= 11 is 10.2. The topological polar surface area (TPSA) is 190 Å². The number of pyridine rings is 2. The smallest absolute Gasteiger partial charge is 0.329 e. The second-order valence-corrected chi connectivity index (χ2v) is 11.9. The van der Waals surface area contributed by atoms with Crippen molar-refractivity contribution in [3.8, 4) is 22.9 Å². The predicted molar refractivity (Wildman–Crippen MR) is 174 cm³/mol. The van der Waals surface area contributed by atoms with E-state index < -0.39 is 0 Å². The molecule has 0 saturated carbocycles. The molecule has 0 aliphatic carbocycles. The lowest BCUT2D eigenvalue weighted by Gasteiger charge is -2.11. The third-order valence-electron chi connectivity index (χ3n) is 5.99. The number of H-pyrrole nitrogens is 2. The minimum Gasteiger partial charge on any atom is -0.711 e. The highest BCUT2D eigenvalue weighted by atomic mass is 33.1. The van der Waals surface area contributed by atoms with Gasteiger partial charge in [0.2, 0.25) is 16.3 Å². The number of rotatable bonds is 12. The van der Waals surface area contributed by atoms with Crippen molar-refractivity contribution >= 4 is 64.1 Å². The Kier molecular flexibility index (Phi) is 9.48. The molecule has 0 amide bonds. The molecule has 0 atom stereocenters. The minimum absolute atomic E-state index is 0.0723. The van der Waals surface area contributed by atoms with Crippen molar-refractivity contribution in [3.63, 3.8) is 0 Å². The van der Waals surface area contributed by atoms with Crippen LogP contribution in [0.5, 0.6) is 11.5 Å². The van der Waals surface area contributed by atoms with Gasteiger partial charge in [-0.15, -0.1) is 0 Å². The van der Waals surface area contributed by atoms with Crippen molar-refractivity contribution in [1.29, 1.82) is 0 Å². The van der Waals surface area contributed by atoms with E-state index in [0.29, 0.717) is 46.1 Å². The van der Waals surface area contributed by atoms with E-state index >= 15 is 0 Å². The minimum atomic E-state index is 0.0723. The maximum absolute atomic E-state index is 12.5. The van der Waals surface area contributed by atoms with E-state index in [1.165, 1.54) is 45.1 Å². The Hall–Kier alpha value is -5.31. The zero-order chi connectivity index (χ0) is 31.9. The van der Waals surface area contributed by atoms with E-state index in [1.807, 2.05) is 0 Å². The van der Waals surface area contributed by atoms with Gasteiger partial charge in [0.15, 0.2) is 0 Å². The number of aromatic amines is 2. The summed E-state index contributed by atoms with van der Waals surface area (Å²) in [6, 6.07) is 20.9. The monoisotopic (exact) mass is 692 g/mol. The van der Waals surface area contributed by atoms with Crippen molar-refractivity contribution in [2.45, 2.75) is 9.79 Å². The summed E-state index contributed by atoms with van der Waals surface area (Å²) in [7, 11) is 2.66. The summed E-state index contributed by atoms with van der Waals surface area (Å²) in [4.78, 5) is 5.46. The van der Waals surface area contributed by atoms with Crippen LogP contribution in [-0.4, -0.2) is 53.5 Å². The summed E-state index contributed by atoms with van der Waals surface area (Å²) in [6.45, 7) is 0.0723. The molecule has 3 N–H and O–H groups in total. The Morgan fingerprint density at radius 1 is 0.783 bits per heavy atom. The molecule has 0 spiro atoms. The van der Waals surface area contributed by atoms with Gasteiger partial charge in [-0.25, -0.2) is 24.1 Å². The Balaban J connectivity index is 0.967. The summed E-state index contributed by atoms with van der Waals surface area (Å²) in [5.74, 6) is 1.57. The van der Waals surface area contributed by atoms with E-state index in [0.717, 1.165) is 11.4 Å². The van der Waals surface area contributed by atoms with Crippen molar-refractivity contribution in [2.75, 3.05) is 12.0 Å². The van der Waals surface area contributed by atoms with Gasteiger partial charge in [0.05, 0.1) is 21.2 Å². The Labute approximate surface area is 277 Å². The van der Waals surface area contributed by atoms with Gasteiger partial charge in [-0.1, -0.05) is 20.6 Å². The lowest BCUT2D eigenvalue weighted by molar-refractivity contribution is -0.593. The Bertz CT molecular complexity index is 2100. The number of nitrogens with zero attached hydrogens (tertiary/aromatic N) is 9. The van der Waals surface area contributed by atoms with Gasteiger partial charge in [0, 0.05) is 12.1 Å². The highest BCUT2D eigenvalue weighted by Gasteiger charge is 2.10. The van der Waals surface area contributed by atoms with Crippen LogP contribution in [-0.2, 0) is 0 Å². The number of ether oxygens (including phenoxy) is 2. The van der Waals surface area contributed by atoms with E-state index in [2.05, 4.69) is 41.4 Å². The average molecular weight is 693 g/mol. The van der Waals surface area contributed by atoms with Gasteiger partial charge in [-0.05, 0) is 112 Å². The molecule has 20 heteroatoms. The van der Waals surface area contributed by atoms with Gasteiger partial charge in [-0.3, -0.25) is 0 Å². The third-order valence-corrected chi connectivity index (χ3v) is 8.87. The van der Waals surface area contributed by atoms with Crippen LogP contribution in [0.4, 0.5) is 11.6 Å². The van der Waals surface area contributed by atoms with E-state index in [9.17, 15) is 10.4 Å². The van der Waals surface area contributed by atoms with Gasteiger partial charge in [-0.2, -0.15) is 10.4 Å². The fourth-order valence-corrected chi connectivity index (χ4v) is 6.04. The van der Waals surface area contributed by atoms with Crippen molar-refractivity contribution in [3.05, 3.63) is 105 Å². The first kappa shape index (κ1) is 30.7. The second kappa shape index (κ2) is 14.2. The number of aromatic nitrogens is 10. The normalized spacial score (nSPS) is 11.1. The van der Waals surface area contributed by atoms with Gasteiger partial charge >= 0.3 is 5.82 Å². The number of hydrogen-bond acceptors (Lipinski definition) is 14. The van der Waals surface area contributed by atoms with Gasteiger partial charge in [0.25, 0.3) is 12.2 Å². The van der Waals surface area contributed by atoms with Crippen LogP contribution in [0.2, 0.25) is 0 Å². The maximum Gasteiger partial charge on any atom is 0.329 e. The van der Waals surface area contributed by atoms with Crippen molar-refractivity contribution in [2.24, 2.45) is 4.99 Å². The summed E-state index contributed by atoms with van der Waals surface area (Å²) in [6.07, 6.45) is 4.02. The largest absolute Gasteiger partial charge is 0.711 e. The van der Waals surface area contributed by atoms with E-state index in [1.54, 1.807) is 77.5 Å². The summed E-state index contributed by atoms with van der Waals surface area (Å²) in [5, 5.41) is 48.1. The Morgan fingerprint density at radius 2 is 1.35 bits per heavy atom. The van der Waals surface area contributed by atoms with Crippen LogP contribution in [0.3, 0.4) is 0 Å². The highest BCUT2D eigenvalue weighted by molar-refractivity contribution is 8.76. The Morgan fingerprint density at radius 3 is 1.89 bits per heavy atom. The highest BCUT2D eigenvalue weighted by Crippen LogP contribution is 2.36. The van der Waals surface area contributed by atoms with E-state index in [4.69, 9.17) is 33.9 Å². The molecule has 0 bridgehead atoms. The van der Waals surface area contributed by atoms with Crippen LogP contribution in [0.25, 0.3) is 11.4 Å². The molecule has 6 rings (SSSR count). The van der Waals surface area contributed by atoms with Crippen molar-refractivity contribution in [1.82, 2.24) is 40.4 Å². The van der Waals surface area contributed by atoms with Crippen LogP contribution < -0.4 is 24.3 Å². The fraction of sp³-hybridized carbons (Fsp3) is 0.0385. The zero-order valence-corrected chi connectivity index (χ0v) is 26.4. The molecule has 4 heterocycles. The summed E-state index contributed by atoms with van der Waals surface area (Å²) < 4.78 is 16.2. The van der Waals surface area contributed by atoms with E-state index in [-0.39, 0.29) is 12.5 Å². The SMILES string of the molecule is [O-][n+]1cc(SSc2ccc(NCOc3ccc(-n4[nH]nnc4=S)cc3)[n+]([O-])c2)ccc1N=COc1ccc(-n2[nH]nnc2=S)cc1. The van der Waals surface area contributed by atoms with Gasteiger partial charge < -0.3 is 19.9 Å². The van der Waals surface area contributed by atoms with Gasteiger partial charge in [0.1, 0.15) is 23.9 Å². The number of hydrogen-bond donors (Lipinski definition) is 3. The number of anilines is 1. The van der Waals surface area contributed by atoms with Crippen molar-refractivity contribution < 1.29 is 18.9 Å². The molecular weight excluding hydrogens is 673 g/mol. The quantitative estimate of drug-likeness (QED) is 0.0315. The number of nitrogens with one attached hydrogen (secondary N) is 3. The fourth-order valence-electron chi connectivity index (χ4n) is 3.78. The first-order chi connectivity index (χ1) is 22.4. The molecule has 0 aliphatic rings. The molecule has 0 unspecified atom stereocenters.